The van der Waals surface area contributed by atoms with Crippen LogP contribution in [-0.4, -0.2) is 75.7 Å². The number of hydrogen-bond acceptors (Lipinski definition) is 4. The fourth-order valence-corrected chi connectivity index (χ4v) is 2.47. The molecule has 0 bridgehead atoms. The summed E-state index contributed by atoms with van der Waals surface area (Å²) in [4.78, 5) is 37.4. The van der Waals surface area contributed by atoms with E-state index < -0.39 is 30.2 Å². The van der Waals surface area contributed by atoms with Gasteiger partial charge >= 0.3 is 12.0 Å². The third-order valence-electron chi connectivity index (χ3n) is 3.55. The number of likely N-dealkylation sites (tertiary alicyclic amines) is 1. The van der Waals surface area contributed by atoms with E-state index in [4.69, 9.17) is 5.11 Å². The van der Waals surface area contributed by atoms with E-state index >= 15 is 0 Å². The van der Waals surface area contributed by atoms with Crippen molar-refractivity contribution in [3.05, 3.63) is 0 Å². The van der Waals surface area contributed by atoms with Gasteiger partial charge in [0.1, 0.15) is 12.1 Å². The van der Waals surface area contributed by atoms with Gasteiger partial charge in [0.15, 0.2) is 0 Å². The second kappa shape index (κ2) is 5.04. The fraction of sp³-hybridized carbons (Fsp3) is 0.727. The maximum absolute atomic E-state index is 12.3. The van der Waals surface area contributed by atoms with Crippen molar-refractivity contribution in [2.24, 2.45) is 0 Å². The van der Waals surface area contributed by atoms with E-state index in [0.717, 1.165) is 4.90 Å². The number of nitrogens with one attached hydrogen (secondary N) is 1. The minimum Gasteiger partial charge on any atom is -0.480 e. The van der Waals surface area contributed by atoms with Gasteiger partial charge in [-0.2, -0.15) is 0 Å². The number of β-amino-alcohol motifs (C(OH)–C–C–N with tert-alkyl or cyclic N) is 1. The lowest BCUT2D eigenvalue weighted by Crippen LogP contribution is -2.60. The zero-order valence-corrected chi connectivity index (χ0v) is 10.6. The number of carboxylic acid groups (broad SMARTS) is 1. The molecule has 19 heavy (non-hydrogen) atoms. The molecule has 2 aliphatic rings. The van der Waals surface area contributed by atoms with E-state index in [1.165, 1.54) is 4.90 Å². The number of piperazine rings is 1. The molecule has 3 N–H and O–H groups in total. The molecule has 2 aliphatic heterocycles. The first-order valence-corrected chi connectivity index (χ1v) is 6.17. The second-order valence-corrected chi connectivity index (χ2v) is 4.84. The molecule has 0 saturated carbocycles. The van der Waals surface area contributed by atoms with Crippen molar-refractivity contribution in [2.75, 3.05) is 19.6 Å². The second-order valence-electron chi connectivity index (χ2n) is 4.84. The van der Waals surface area contributed by atoms with Crippen LogP contribution in [0.3, 0.4) is 0 Å². The van der Waals surface area contributed by atoms with Crippen molar-refractivity contribution in [3.63, 3.8) is 0 Å². The molecule has 2 saturated heterocycles. The molecule has 0 aliphatic carbocycles. The molecular weight excluding hydrogens is 254 g/mol. The van der Waals surface area contributed by atoms with Gasteiger partial charge in [-0.1, -0.05) is 0 Å². The van der Waals surface area contributed by atoms with Gasteiger partial charge in [-0.15, -0.1) is 0 Å². The molecule has 8 heteroatoms. The van der Waals surface area contributed by atoms with Crippen LogP contribution in [0.25, 0.3) is 0 Å². The van der Waals surface area contributed by atoms with Gasteiger partial charge in [-0.05, 0) is 6.92 Å². The number of rotatable bonds is 1. The Morgan fingerprint density at radius 1 is 1.37 bits per heavy atom. The summed E-state index contributed by atoms with van der Waals surface area (Å²) in [6.07, 6.45) is -0.811. The Balaban J connectivity index is 2.14. The Labute approximate surface area is 110 Å². The molecule has 8 nitrogen and oxygen atoms in total. The largest absolute Gasteiger partial charge is 0.480 e. The molecule has 2 heterocycles. The molecule has 106 valence electrons. The molecule has 0 spiro atoms. The molecule has 3 amide bonds. The molecule has 1 unspecified atom stereocenters. The standard InChI is InChI=1S/C11H17N3O5/c1-6-9(16)12-2-3-13(6)11(19)14-5-7(15)4-8(14)10(17)18/h6-8,15H,2-5H2,1H3,(H,12,16)(H,17,18)/t6?,7-,8-/m0/s1. The molecule has 0 radical (unpaired) electrons. The lowest BCUT2D eigenvalue weighted by molar-refractivity contribution is -0.141. The van der Waals surface area contributed by atoms with Crippen LogP contribution in [0.1, 0.15) is 13.3 Å². The Morgan fingerprint density at radius 3 is 2.68 bits per heavy atom. The number of aliphatic hydroxyl groups is 1. The number of amides is 3. The maximum Gasteiger partial charge on any atom is 0.326 e. The van der Waals surface area contributed by atoms with Gasteiger partial charge in [0, 0.05) is 26.1 Å². The topological polar surface area (TPSA) is 110 Å². The highest BCUT2D eigenvalue weighted by atomic mass is 16.4. The van der Waals surface area contributed by atoms with Crippen LogP contribution >= 0.6 is 0 Å². The maximum atomic E-state index is 12.3. The van der Waals surface area contributed by atoms with Crippen LogP contribution in [0.4, 0.5) is 4.79 Å². The van der Waals surface area contributed by atoms with E-state index in [-0.39, 0.29) is 18.9 Å². The van der Waals surface area contributed by atoms with Gasteiger partial charge in [0.2, 0.25) is 5.91 Å². The summed E-state index contributed by atoms with van der Waals surface area (Å²) in [6, 6.07) is -2.17. The Bertz CT molecular complexity index is 413. The predicted molar refractivity (Wildman–Crippen MR) is 63.3 cm³/mol. The fourth-order valence-electron chi connectivity index (χ4n) is 2.47. The van der Waals surface area contributed by atoms with Gasteiger partial charge in [-0.25, -0.2) is 9.59 Å². The number of carboxylic acids is 1. The highest BCUT2D eigenvalue weighted by Gasteiger charge is 2.42. The zero-order chi connectivity index (χ0) is 14.2. The average Bonchev–Trinajstić information content (AvgIpc) is 2.74. The highest BCUT2D eigenvalue weighted by Crippen LogP contribution is 2.21. The Kier molecular flexibility index (Phi) is 3.61. The van der Waals surface area contributed by atoms with Crippen molar-refractivity contribution in [2.45, 2.75) is 31.5 Å². The van der Waals surface area contributed by atoms with Crippen molar-refractivity contribution >= 4 is 17.9 Å². The number of nitrogens with zero attached hydrogens (tertiary/aromatic N) is 2. The van der Waals surface area contributed by atoms with Gasteiger partial charge in [-0.3, -0.25) is 4.79 Å². The summed E-state index contributed by atoms with van der Waals surface area (Å²) in [5.74, 6) is -1.40. The third-order valence-corrected chi connectivity index (χ3v) is 3.55. The summed E-state index contributed by atoms with van der Waals surface area (Å²) in [6.45, 7) is 2.27. The van der Waals surface area contributed by atoms with Crippen LogP contribution in [0, 0.1) is 0 Å². The number of carbonyl (C=O) groups excluding carboxylic acids is 2. The van der Waals surface area contributed by atoms with Crippen molar-refractivity contribution < 1.29 is 24.6 Å². The molecule has 0 aromatic heterocycles. The van der Waals surface area contributed by atoms with E-state index in [0.29, 0.717) is 13.1 Å². The van der Waals surface area contributed by atoms with E-state index in [9.17, 15) is 19.5 Å². The summed E-state index contributed by atoms with van der Waals surface area (Å²) >= 11 is 0. The van der Waals surface area contributed by atoms with E-state index in [2.05, 4.69) is 5.32 Å². The highest BCUT2D eigenvalue weighted by molar-refractivity contribution is 5.90. The summed E-state index contributed by atoms with van der Waals surface area (Å²) < 4.78 is 0. The quantitative estimate of drug-likeness (QED) is 0.534. The lowest BCUT2D eigenvalue weighted by Gasteiger charge is -2.36. The predicted octanol–water partition coefficient (Wildman–Crippen LogP) is -1.55. The van der Waals surface area contributed by atoms with Crippen molar-refractivity contribution in [3.8, 4) is 0 Å². The first kappa shape index (κ1) is 13.6. The Hall–Kier alpha value is -1.83. The van der Waals surface area contributed by atoms with Crippen LogP contribution in [-0.2, 0) is 9.59 Å². The molecule has 0 aromatic rings. The number of urea groups is 1. The zero-order valence-electron chi connectivity index (χ0n) is 10.6. The van der Waals surface area contributed by atoms with Gasteiger partial charge in [0.05, 0.1) is 6.10 Å². The number of aliphatic carboxylic acids is 1. The number of hydrogen-bond donors (Lipinski definition) is 3. The first-order valence-electron chi connectivity index (χ1n) is 6.17. The normalized spacial score (nSPS) is 31.3. The van der Waals surface area contributed by atoms with Crippen LogP contribution < -0.4 is 5.32 Å². The first-order chi connectivity index (χ1) is 8.91. The van der Waals surface area contributed by atoms with Gasteiger partial charge < -0.3 is 25.3 Å². The van der Waals surface area contributed by atoms with Crippen molar-refractivity contribution in [1.29, 1.82) is 0 Å². The van der Waals surface area contributed by atoms with Gasteiger partial charge in [0.25, 0.3) is 0 Å². The summed E-state index contributed by atoms with van der Waals surface area (Å²) in [7, 11) is 0. The molecule has 2 fully saturated rings. The monoisotopic (exact) mass is 271 g/mol. The summed E-state index contributed by atoms with van der Waals surface area (Å²) in [5, 5.41) is 21.2. The number of aliphatic hydroxyl groups excluding tert-OH is 1. The molecule has 2 rings (SSSR count). The van der Waals surface area contributed by atoms with E-state index in [1.807, 2.05) is 0 Å². The summed E-state index contributed by atoms with van der Waals surface area (Å²) in [5.41, 5.74) is 0. The number of carbonyl (C=O) groups is 3. The average molecular weight is 271 g/mol. The Morgan fingerprint density at radius 2 is 2.05 bits per heavy atom. The van der Waals surface area contributed by atoms with Crippen LogP contribution in [0.2, 0.25) is 0 Å². The minimum absolute atomic E-state index is 0.0133. The van der Waals surface area contributed by atoms with Crippen molar-refractivity contribution in [1.82, 2.24) is 15.1 Å². The SMILES string of the molecule is CC1C(=O)NCCN1C(=O)N1C[C@@H](O)C[C@H]1C(=O)O. The smallest absolute Gasteiger partial charge is 0.326 e. The minimum atomic E-state index is -1.14. The lowest BCUT2D eigenvalue weighted by atomic mass is 10.2. The molecule has 0 aromatic carbocycles. The van der Waals surface area contributed by atoms with E-state index in [1.54, 1.807) is 6.92 Å². The van der Waals surface area contributed by atoms with Crippen LogP contribution in [0.15, 0.2) is 0 Å². The molecule has 3 atom stereocenters. The third kappa shape index (κ3) is 2.48. The molecular formula is C11H17N3O5. The van der Waals surface area contributed by atoms with Crippen LogP contribution in [0.5, 0.6) is 0 Å².